The van der Waals surface area contributed by atoms with Crippen molar-refractivity contribution in [3.05, 3.63) is 46.7 Å². The summed E-state index contributed by atoms with van der Waals surface area (Å²) in [6.45, 7) is 4.11. The molecule has 3 heteroatoms. The van der Waals surface area contributed by atoms with Crippen LogP contribution >= 0.6 is 11.6 Å². The van der Waals surface area contributed by atoms with Crippen LogP contribution in [-0.2, 0) is 6.42 Å². The summed E-state index contributed by atoms with van der Waals surface area (Å²) in [7, 11) is 0. The molecule has 1 heterocycles. The zero-order chi connectivity index (χ0) is 10.8. The van der Waals surface area contributed by atoms with Crippen molar-refractivity contribution in [2.24, 2.45) is 0 Å². The zero-order valence-corrected chi connectivity index (χ0v) is 9.62. The predicted molar refractivity (Wildman–Crippen MR) is 62.7 cm³/mol. The topological polar surface area (TPSA) is 17.8 Å². The molecule has 0 N–H and O–H groups in total. The molecule has 0 atom stereocenters. The van der Waals surface area contributed by atoms with Crippen molar-refractivity contribution >= 4 is 11.6 Å². The molecule has 0 radical (unpaired) electrons. The molecule has 0 unspecified atom stereocenters. The van der Waals surface area contributed by atoms with Gasteiger partial charge in [-0.05, 0) is 37.1 Å². The summed E-state index contributed by atoms with van der Waals surface area (Å²) in [6, 6.07) is 7.90. The highest BCUT2D eigenvalue weighted by molar-refractivity contribution is 6.30. The Morgan fingerprint density at radius 1 is 1.33 bits per heavy atom. The summed E-state index contributed by atoms with van der Waals surface area (Å²) in [5.41, 5.74) is 3.33. The van der Waals surface area contributed by atoms with Crippen LogP contribution in [0.3, 0.4) is 0 Å². The minimum absolute atomic E-state index is 0.746. The molecule has 0 saturated carbocycles. The number of halogens is 1. The van der Waals surface area contributed by atoms with Crippen LogP contribution in [0, 0.1) is 6.92 Å². The average molecular weight is 221 g/mol. The highest BCUT2D eigenvalue weighted by Gasteiger charge is 2.04. The highest BCUT2D eigenvalue weighted by atomic mass is 35.5. The number of aromatic nitrogens is 2. The Morgan fingerprint density at radius 2 is 2.13 bits per heavy atom. The van der Waals surface area contributed by atoms with E-state index in [1.54, 1.807) is 0 Å². The fraction of sp³-hybridized carbons (Fsp3) is 0.250. The SMILES string of the molecule is CCc1ccc(Cl)cc1-n1ccc(C)n1. The number of hydrogen-bond donors (Lipinski definition) is 0. The third-order valence-corrected chi connectivity index (χ3v) is 2.63. The van der Waals surface area contributed by atoms with E-state index in [1.165, 1.54) is 5.56 Å². The van der Waals surface area contributed by atoms with Crippen LogP contribution in [-0.4, -0.2) is 9.78 Å². The normalized spacial score (nSPS) is 10.6. The van der Waals surface area contributed by atoms with Gasteiger partial charge in [-0.2, -0.15) is 5.10 Å². The Bertz CT molecular complexity index is 474. The first-order valence-corrected chi connectivity index (χ1v) is 5.39. The van der Waals surface area contributed by atoms with Gasteiger partial charge < -0.3 is 0 Å². The molecule has 0 saturated heterocycles. The standard InChI is InChI=1S/C12H13ClN2/c1-3-10-4-5-11(13)8-12(10)15-7-6-9(2)14-15/h4-8H,3H2,1-2H3. The third kappa shape index (κ3) is 2.05. The molecule has 78 valence electrons. The van der Waals surface area contributed by atoms with Gasteiger partial charge in [-0.3, -0.25) is 0 Å². The van der Waals surface area contributed by atoms with E-state index < -0.39 is 0 Å². The van der Waals surface area contributed by atoms with Gasteiger partial charge >= 0.3 is 0 Å². The van der Waals surface area contributed by atoms with E-state index in [2.05, 4.69) is 18.1 Å². The quantitative estimate of drug-likeness (QED) is 0.759. The molecule has 0 aliphatic carbocycles. The lowest BCUT2D eigenvalue weighted by molar-refractivity contribution is 0.847. The molecule has 0 bridgehead atoms. The molecular weight excluding hydrogens is 208 g/mol. The molecule has 1 aromatic carbocycles. The van der Waals surface area contributed by atoms with E-state index in [9.17, 15) is 0 Å². The molecule has 2 nitrogen and oxygen atoms in total. The summed E-state index contributed by atoms with van der Waals surface area (Å²) >= 11 is 5.99. The summed E-state index contributed by atoms with van der Waals surface area (Å²) in [4.78, 5) is 0. The van der Waals surface area contributed by atoms with E-state index in [0.717, 1.165) is 22.8 Å². The van der Waals surface area contributed by atoms with Crippen LogP contribution in [0.1, 0.15) is 18.2 Å². The van der Waals surface area contributed by atoms with Crippen molar-refractivity contribution in [2.45, 2.75) is 20.3 Å². The van der Waals surface area contributed by atoms with Crippen LogP contribution in [0.15, 0.2) is 30.5 Å². The van der Waals surface area contributed by atoms with Crippen molar-refractivity contribution in [2.75, 3.05) is 0 Å². The van der Waals surface area contributed by atoms with Gasteiger partial charge in [0.1, 0.15) is 0 Å². The number of benzene rings is 1. The van der Waals surface area contributed by atoms with Gasteiger partial charge in [0, 0.05) is 11.2 Å². The second kappa shape index (κ2) is 4.07. The molecule has 0 spiro atoms. The van der Waals surface area contributed by atoms with Gasteiger partial charge in [0.2, 0.25) is 0 Å². The van der Waals surface area contributed by atoms with E-state index in [1.807, 2.05) is 36.0 Å². The first kappa shape index (κ1) is 10.2. The van der Waals surface area contributed by atoms with Crippen molar-refractivity contribution in [3.8, 4) is 5.69 Å². The Balaban J connectivity index is 2.55. The Hall–Kier alpha value is -1.28. The van der Waals surface area contributed by atoms with Crippen LogP contribution in [0.5, 0.6) is 0 Å². The van der Waals surface area contributed by atoms with Gasteiger partial charge in [0.05, 0.1) is 11.4 Å². The van der Waals surface area contributed by atoms with E-state index in [-0.39, 0.29) is 0 Å². The Morgan fingerprint density at radius 3 is 2.73 bits per heavy atom. The molecule has 2 rings (SSSR count). The first-order valence-electron chi connectivity index (χ1n) is 5.02. The average Bonchev–Trinajstić information content (AvgIpc) is 2.65. The monoisotopic (exact) mass is 220 g/mol. The lowest BCUT2D eigenvalue weighted by atomic mass is 10.1. The molecule has 2 aromatic rings. The maximum Gasteiger partial charge on any atom is 0.0692 e. The third-order valence-electron chi connectivity index (χ3n) is 2.40. The maximum atomic E-state index is 5.99. The van der Waals surface area contributed by atoms with Crippen LogP contribution in [0.4, 0.5) is 0 Å². The molecule has 0 aliphatic rings. The fourth-order valence-corrected chi connectivity index (χ4v) is 1.76. The molecular formula is C12H13ClN2. The maximum absolute atomic E-state index is 5.99. The number of rotatable bonds is 2. The van der Waals surface area contributed by atoms with Crippen molar-refractivity contribution < 1.29 is 0 Å². The molecule has 0 aliphatic heterocycles. The molecule has 15 heavy (non-hydrogen) atoms. The minimum atomic E-state index is 0.746. The van der Waals surface area contributed by atoms with Gasteiger partial charge in [-0.25, -0.2) is 4.68 Å². The number of hydrogen-bond acceptors (Lipinski definition) is 1. The zero-order valence-electron chi connectivity index (χ0n) is 8.87. The summed E-state index contributed by atoms with van der Waals surface area (Å²) in [6.07, 6.45) is 2.94. The lowest BCUT2D eigenvalue weighted by Crippen LogP contribution is -1.99. The number of aryl methyl sites for hydroxylation is 2. The molecule has 0 amide bonds. The number of nitrogens with zero attached hydrogens (tertiary/aromatic N) is 2. The highest BCUT2D eigenvalue weighted by Crippen LogP contribution is 2.20. The van der Waals surface area contributed by atoms with Gasteiger partial charge in [-0.15, -0.1) is 0 Å². The fourth-order valence-electron chi connectivity index (χ4n) is 1.60. The van der Waals surface area contributed by atoms with E-state index >= 15 is 0 Å². The van der Waals surface area contributed by atoms with E-state index in [4.69, 9.17) is 11.6 Å². The summed E-state index contributed by atoms with van der Waals surface area (Å²) in [5.74, 6) is 0. The van der Waals surface area contributed by atoms with E-state index in [0.29, 0.717) is 0 Å². The summed E-state index contributed by atoms with van der Waals surface area (Å²) in [5, 5.41) is 5.13. The molecule has 0 fully saturated rings. The smallest absolute Gasteiger partial charge is 0.0692 e. The van der Waals surface area contributed by atoms with Crippen molar-refractivity contribution in [1.82, 2.24) is 9.78 Å². The first-order chi connectivity index (χ1) is 7.20. The second-order valence-electron chi connectivity index (χ2n) is 3.53. The van der Waals surface area contributed by atoms with Gasteiger partial charge in [0.15, 0.2) is 0 Å². The summed E-state index contributed by atoms with van der Waals surface area (Å²) < 4.78 is 1.88. The lowest BCUT2D eigenvalue weighted by Gasteiger charge is -2.08. The van der Waals surface area contributed by atoms with Crippen LogP contribution in [0.25, 0.3) is 5.69 Å². The largest absolute Gasteiger partial charge is 0.240 e. The minimum Gasteiger partial charge on any atom is -0.240 e. The van der Waals surface area contributed by atoms with Crippen LogP contribution in [0.2, 0.25) is 5.02 Å². The second-order valence-corrected chi connectivity index (χ2v) is 3.96. The van der Waals surface area contributed by atoms with Crippen molar-refractivity contribution in [3.63, 3.8) is 0 Å². The van der Waals surface area contributed by atoms with Gasteiger partial charge in [-0.1, -0.05) is 24.6 Å². The Labute approximate surface area is 94.5 Å². The van der Waals surface area contributed by atoms with Crippen molar-refractivity contribution in [1.29, 1.82) is 0 Å². The molecule has 1 aromatic heterocycles. The predicted octanol–water partition coefficient (Wildman–Crippen LogP) is 3.40. The van der Waals surface area contributed by atoms with Crippen LogP contribution < -0.4 is 0 Å². The Kier molecular flexibility index (Phi) is 2.78. The van der Waals surface area contributed by atoms with Gasteiger partial charge in [0.25, 0.3) is 0 Å².